The zero-order chi connectivity index (χ0) is 24.8. The van der Waals surface area contributed by atoms with E-state index < -0.39 is 5.97 Å². The van der Waals surface area contributed by atoms with Crippen molar-refractivity contribution in [2.24, 2.45) is 17.8 Å². The molecule has 5 nitrogen and oxygen atoms in total. The number of carbonyl (C=O) groups is 2. The van der Waals surface area contributed by atoms with Gasteiger partial charge in [-0.05, 0) is 75.2 Å². The number of benzene rings is 3. The molecule has 2 aliphatic carbocycles. The number of ether oxygens (including phenoxy) is 3. The molecule has 6 rings (SSSR count). The predicted octanol–water partition coefficient (Wildman–Crippen LogP) is 5.27. The molecule has 3 aliphatic rings. The molecule has 0 N–H and O–H groups in total. The smallest absolute Gasteiger partial charge is 0.344 e. The Balaban J connectivity index is 1.12. The van der Waals surface area contributed by atoms with Gasteiger partial charge in [0.25, 0.3) is 0 Å². The fraction of sp³-hybridized carbons (Fsp3) is 0.333. The maximum atomic E-state index is 12.5. The van der Waals surface area contributed by atoms with Gasteiger partial charge in [0.1, 0.15) is 18.0 Å². The molecule has 5 unspecified atom stereocenters. The molecule has 1 heterocycles. The molecule has 2 bridgehead atoms. The van der Waals surface area contributed by atoms with E-state index in [-0.39, 0.29) is 53.4 Å². The molecule has 3 fully saturated rings. The molecule has 184 valence electrons. The molecule has 0 aromatic heterocycles. The summed E-state index contributed by atoms with van der Waals surface area (Å²) < 4.78 is 16.9. The number of esters is 2. The quantitative estimate of drug-likeness (QED) is 0.326. The first-order valence-electron chi connectivity index (χ1n) is 12.5. The van der Waals surface area contributed by atoms with E-state index in [9.17, 15) is 9.59 Å². The van der Waals surface area contributed by atoms with Gasteiger partial charge < -0.3 is 14.2 Å². The zero-order valence-electron chi connectivity index (χ0n) is 20.4. The Labute approximate surface area is 214 Å². The van der Waals surface area contributed by atoms with Crippen molar-refractivity contribution in [2.75, 3.05) is 6.61 Å². The minimum Gasteiger partial charge on any atom is -0.482 e. The van der Waals surface area contributed by atoms with Gasteiger partial charge in [-0.15, -0.1) is 0 Å². The van der Waals surface area contributed by atoms with Gasteiger partial charge in [-0.2, -0.15) is 0 Å². The Kier molecular flexibility index (Phi) is 6.00. The van der Waals surface area contributed by atoms with Crippen molar-refractivity contribution in [3.05, 3.63) is 83.9 Å². The lowest BCUT2D eigenvalue weighted by Crippen LogP contribution is -2.37. The highest BCUT2D eigenvalue weighted by atomic mass is 32.2. The van der Waals surface area contributed by atoms with Gasteiger partial charge in [0.2, 0.25) is 0 Å². The van der Waals surface area contributed by atoms with Gasteiger partial charge in [0.15, 0.2) is 21.3 Å². The molecule has 0 radical (unpaired) electrons. The fourth-order valence-corrected chi connectivity index (χ4v) is 7.86. The van der Waals surface area contributed by atoms with Crippen molar-refractivity contribution in [1.29, 1.82) is 0 Å². The van der Waals surface area contributed by atoms with Crippen molar-refractivity contribution in [1.82, 2.24) is 0 Å². The summed E-state index contributed by atoms with van der Waals surface area (Å²) in [6.45, 7) is 4.03. The first-order valence-corrected chi connectivity index (χ1v) is 13.7. The summed E-state index contributed by atoms with van der Waals surface area (Å²) in [6.07, 6.45) is 1.07. The van der Waals surface area contributed by atoms with Crippen LogP contribution >= 0.6 is 0 Å². The highest BCUT2D eigenvalue weighted by Gasteiger charge is 2.63. The van der Waals surface area contributed by atoms with Crippen LogP contribution in [0.1, 0.15) is 24.0 Å². The first-order chi connectivity index (χ1) is 17.5. The van der Waals surface area contributed by atoms with Crippen molar-refractivity contribution in [2.45, 2.75) is 53.6 Å². The molecule has 1 saturated heterocycles. The SMILES string of the molecule is Cc1ccc([S+](c2ccc(C)cc2)c2ccc(OCC(=O)OC3C4CC5C(=O)OC3C5C4)cc2)cc1. The second-order valence-corrected chi connectivity index (χ2v) is 12.1. The molecule has 6 heteroatoms. The van der Waals surface area contributed by atoms with Gasteiger partial charge >= 0.3 is 11.9 Å². The van der Waals surface area contributed by atoms with E-state index in [4.69, 9.17) is 14.2 Å². The normalized spacial score (nSPS) is 25.8. The molecule has 2 saturated carbocycles. The number of aryl methyl sites for hydroxylation is 2. The van der Waals surface area contributed by atoms with Crippen LogP contribution in [0.3, 0.4) is 0 Å². The van der Waals surface area contributed by atoms with E-state index >= 15 is 0 Å². The molecule has 5 atom stereocenters. The second-order valence-electron chi connectivity index (χ2n) is 10.1. The van der Waals surface area contributed by atoms with Crippen molar-refractivity contribution < 1.29 is 23.8 Å². The summed E-state index contributed by atoms with van der Waals surface area (Å²) in [4.78, 5) is 28.1. The molecule has 0 amide bonds. The Morgan fingerprint density at radius 3 is 2.00 bits per heavy atom. The second kappa shape index (κ2) is 9.32. The average Bonchev–Trinajstić information content (AvgIpc) is 3.51. The van der Waals surface area contributed by atoms with Crippen molar-refractivity contribution >= 4 is 22.8 Å². The van der Waals surface area contributed by atoms with Crippen molar-refractivity contribution in [3.8, 4) is 5.75 Å². The standard InChI is InChI=1S/C30H29O5S/c1-18-3-9-22(10-4-18)36(23-11-5-19(2)6-12-23)24-13-7-21(8-14-24)33-17-27(31)34-28-20-15-25-26(16-20)30(32)35-29(25)28/h3-14,20,25-26,28-29H,15-17H2,1-2H3/q+1. The van der Waals surface area contributed by atoms with Crippen LogP contribution in [0.25, 0.3) is 0 Å². The lowest BCUT2D eigenvalue weighted by Gasteiger charge is -2.25. The first kappa shape index (κ1) is 23.2. The third kappa shape index (κ3) is 4.28. The van der Waals surface area contributed by atoms with Gasteiger partial charge in [-0.25, -0.2) is 4.79 Å². The minimum absolute atomic E-state index is 0.00840. The molecule has 0 spiro atoms. The van der Waals surface area contributed by atoms with Crippen molar-refractivity contribution in [3.63, 3.8) is 0 Å². The van der Waals surface area contributed by atoms with Crippen LogP contribution in [0, 0.1) is 31.6 Å². The van der Waals surface area contributed by atoms with E-state index in [0.29, 0.717) is 5.75 Å². The largest absolute Gasteiger partial charge is 0.482 e. The Morgan fingerprint density at radius 1 is 0.861 bits per heavy atom. The van der Waals surface area contributed by atoms with Crippen LogP contribution in [-0.2, 0) is 30.0 Å². The van der Waals surface area contributed by atoms with E-state index in [0.717, 1.165) is 12.8 Å². The topological polar surface area (TPSA) is 61.8 Å². The summed E-state index contributed by atoms with van der Waals surface area (Å²) >= 11 is 0. The molecule has 3 aromatic carbocycles. The Hall–Kier alpha value is -3.25. The van der Waals surface area contributed by atoms with Gasteiger partial charge in [0, 0.05) is 11.8 Å². The summed E-state index contributed by atoms with van der Waals surface area (Å²) in [7, 11) is -0.249. The summed E-state index contributed by atoms with van der Waals surface area (Å²) in [5.41, 5.74) is 2.47. The molecule has 1 aliphatic heterocycles. The highest BCUT2D eigenvalue weighted by molar-refractivity contribution is 7.97. The monoisotopic (exact) mass is 501 g/mol. The van der Waals surface area contributed by atoms with Crippen LogP contribution in [0.15, 0.2) is 87.5 Å². The van der Waals surface area contributed by atoms with Crippen LogP contribution in [0.4, 0.5) is 0 Å². The number of carbonyl (C=O) groups excluding carboxylic acids is 2. The van der Waals surface area contributed by atoms with E-state index in [1.807, 2.05) is 12.1 Å². The minimum atomic E-state index is -0.421. The molecule has 36 heavy (non-hydrogen) atoms. The number of hydrogen-bond acceptors (Lipinski definition) is 5. The predicted molar refractivity (Wildman–Crippen MR) is 136 cm³/mol. The summed E-state index contributed by atoms with van der Waals surface area (Å²) in [5, 5.41) is 0. The van der Waals surface area contributed by atoms with Crippen LogP contribution in [0.2, 0.25) is 0 Å². The summed E-state index contributed by atoms with van der Waals surface area (Å²) in [6, 6.07) is 25.3. The third-order valence-corrected chi connectivity index (χ3v) is 9.84. The maximum Gasteiger partial charge on any atom is 0.344 e. The van der Waals surface area contributed by atoms with E-state index in [1.165, 1.54) is 25.8 Å². The van der Waals surface area contributed by atoms with Gasteiger partial charge in [-0.3, -0.25) is 4.79 Å². The molecular weight excluding hydrogens is 472 g/mol. The maximum absolute atomic E-state index is 12.5. The Morgan fingerprint density at radius 2 is 1.42 bits per heavy atom. The lowest BCUT2D eigenvalue weighted by atomic mass is 9.88. The van der Waals surface area contributed by atoms with Gasteiger partial charge in [0.05, 0.1) is 16.8 Å². The van der Waals surface area contributed by atoms with Crippen LogP contribution in [-0.4, -0.2) is 30.8 Å². The zero-order valence-corrected chi connectivity index (χ0v) is 21.2. The average molecular weight is 502 g/mol. The number of fused-ring (bicyclic) bond motifs is 1. The van der Waals surface area contributed by atoms with Crippen LogP contribution < -0.4 is 4.74 Å². The summed E-state index contributed by atoms with van der Waals surface area (Å²) in [5.74, 6) is 0.514. The van der Waals surface area contributed by atoms with E-state index in [2.05, 4.69) is 74.5 Å². The van der Waals surface area contributed by atoms with Gasteiger partial charge in [-0.1, -0.05) is 35.4 Å². The Bertz CT molecular complexity index is 1220. The third-order valence-electron chi connectivity index (χ3n) is 7.61. The number of rotatable bonds is 7. The fourth-order valence-electron chi connectivity index (χ4n) is 5.82. The number of hydrogen-bond donors (Lipinski definition) is 0. The molecule has 3 aromatic rings. The highest BCUT2D eigenvalue weighted by Crippen LogP contribution is 2.55. The van der Waals surface area contributed by atoms with Crippen LogP contribution in [0.5, 0.6) is 5.75 Å². The lowest BCUT2D eigenvalue weighted by molar-refractivity contribution is -0.163. The molecular formula is C30H29O5S+. The van der Waals surface area contributed by atoms with E-state index in [1.54, 1.807) is 0 Å².